The third kappa shape index (κ3) is 7.16. The summed E-state index contributed by atoms with van der Waals surface area (Å²) in [6.07, 6.45) is 5.25. The molecule has 26 heavy (non-hydrogen) atoms. The van der Waals surface area contributed by atoms with Gasteiger partial charge in [0.1, 0.15) is 5.75 Å². The highest BCUT2D eigenvalue weighted by molar-refractivity contribution is 5.95. The number of Topliss-reactive ketones (excluding diaryl/α,β-unsaturated/α-hetero) is 1. The minimum absolute atomic E-state index is 0.00467. The monoisotopic (exact) mass is 360 g/mol. The number of likely N-dealkylation sites (tertiary alicyclic amines) is 1. The standard InChI is InChI=1S/C21H32N2O3/c1-3-20(24)18-8-10-19(11-9-18)26-16-21(25)22-12-4-5-13-23-14-6-7-17(2)15-23/h8-11,17H,3-7,12-16H2,1-2H3,(H,22,25). The van der Waals surface area contributed by atoms with Crippen LogP contribution in [0.2, 0.25) is 0 Å². The number of carbonyl (C=O) groups is 2. The van der Waals surface area contributed by atoms with E-state index >= 15 is 0 Å². The Labute approximate surface area is 157 Å². The number of nitrogens with one attached hydrogen (secondary N) is 1. The van der Waals surface area contributed by atoms with Crippen LogP contribution >= 0.6 is 0 Å². The van der Waals surface area contributed by atoms with Gasteiger partial charge in [-0.1, -0.05) is 13.8 Å². The van der Waals surface area contributed by atoms with Crippen molar-refractivity contribution in [2.45, 2.75) is 46.0 Å². The van der Waals surface area contributed by atoms with Crippen molar-refractivity contribution in [3.05, 3.63) is 29.8 Å². The van der Waals surface area contributed by atoms with E-state index in [-0.39, 0.29) is 18.3 Å². The molecule has 1 N–H and O–H groups in total. The van der Waals surface area contributed by atoms with E-state index in [1.165, 1.54) is 25.9 Å². The van der Waals surface area contributed by atoms with Gasteiger partial charge in [-0.2, -0.15) is 0 Å². The molecule has 2 rings (SSSR count). The van der Waals surface area contributed by atoms with Crippen molar-refractivity contribution in [3.63, 3.8) is 0 Å². The smallest absolute Gasteiger partial charge is 0.257 e. The maximum atomic E-state index is 11.8. The molecule has 0 bridgehead atoms. The van der Waals surface area contributed by atoms with E-state index in [0.717, 1.165) is 25.3 Å². The lowest BCUT2D eigenvalue weighted by atomic mass is 10.0. The number of unbranched alkanes of at least 4 members (excludes halogenated alkanes) is 1. The van der Waals surface area contributed by atoms with Crippen LogP contribution in [0.5, 0.6) is 5.75 Å². The number of nitrogens with zero attached hydrogens (tertiary/aromatic N) is 1. The van der Waals surface area contributed by atoms with Crippen LogP contribution in [0.15, 0.2) is 24.3 Å². The highest BCUT2D eigenvalue weighted by Gasteiger charge is 2.15. The van der Waals surface area contributed by atoms with Gasteiger partial charge in [-0.05, 0) is 69.0 Å². The molecule has 1 aromatic carbocycles. The minimum Gasteiger partial charge on any atom is -0.484 e. The summed E-state index contributed by atoms with van der Waals surface area (Å²) in [5.41, 5.74) is 0.674. The molecular formula is C21H32N2O3. The Morgan fingerprint density at radius 1 is 1.23 bits per heavy atom. The summed E-state index contributed by atoms with van der Waals surface area (Å²) < 4.78 is 5.47. The van der Waals surface area contributed by atoms with E-state index in [1.807, 2.05) is 6.92 Å². The zero-order valence-corrected chi connectivity index (χ0v) is 16.1. The molecule has 0 radical (unpaired) electrons. The third-order valence-electron chi connectivity index (χ3n) is 4.83. The van der Waals surface area contributed by atoms with Gasteiger partial charge in [-0.25, -0.2) is 0 Å². The lowest BCUT2D eigenvalue weighted by Gasteiger charge is -2.30. The molecule has 0 saturated carbocycles. The van der Waals surface area contributed by atoms with Crippen LogP contribution in [0.3, 0.4) is 0 Å². The number of ether oxygens (including phenoxy) is 1. The molecule has 1 fully saturated rings. The lowest BCUT2D eigenvalue weighted by molar-refractivity contribution is -0.123. The number of carbonyl (C=O) groups excluding carboxylic acids is 2. The van der Waals surface area contributed by atoms with Gasteiger partial charge < -0.3 is 15.0 Å². The van der Waals surface area contributed by atoms with Crippen LogP contribution in [-0.4, -0.2) is 49.4 Å². The molecule has 5 nitrogen and oxygen atoms in total. The molecule has 1 aliphatic rings. The fourth-order valence-electron chi connectivity index (χ4n) is 3.32. The van der Waals surface area contributed by atoms with Crippen LogP contribution in [0, 0.1) is 5.92 Å². The third-order valence-corrected chi connectivity index (χ3v) is 4.83. The zero-order chi connectivity index (χ0) is 18.8. The molecule has 1 unspecified atom stereocenters. The molecule has 1 aliphatic heterocycles. The summed E-state index contributed by atoms with van der Waals surface area (Å²) in [6, 6.07) is 6.94. The van der Waals surface area contributed by atoms with Gasteiger partial charge in [-0.3, -0.25) is 9.59 Å². The molecule has 1 amide bonds. The zero-order valence-electron chi connectivity index (χ0n) is 16.1. The van der Waals surface area contributed by atoms with E-state index in [0.29, 0.717) is 24.3 Å². The topological polar surface area (TPSA) is 58.6 Å². The quantitative estimate of drug-likeness (QED) is 0.514. The maximum absolute atomic E-state index is 11.8. The predicted molar refractivity (Wildman–Crippen MR) is 104 cm³/mol. The maximum Gasteiger partial charge on any atom is 0.257 e. The molecule has 1 heterocycles. The average molecular weight is 360 g/mol. The molecule has 5 heteroatoms. The number of rotatable bonds is 10. The van der Waals surface area contributed by atoms with Crippen molar-refractivity contribution < 1.29 is 14.3 Å². The van der Waals surface area contributed by atoms with E-state index in [9.17, 15) is 9.59 Å². The Morgan fingerprint density at radius 3 is 2.69 bits per heavy atom. The molecule has 1 saturated heterocycles. The molecule has 1 atom stereocenters. The largest absolute Gasteiger partial charge is 0.484 e. The molecule has 0 spiro atoms. The lowest BCUT2D eigenvalue weighted by Crippen LogP contribution is -2.35. The minimum atomic E-state index is -0.106. The van der Waals surface area contributed by atoms with Crippen LogP contribution < -0.4 is 10.1 Å². The van der Waals surface area contributed by atoms with Gasteiger partial charge in [0, 0.05) is 25.1 Å². The summed E-state index contributed by atoms with van der Waals surface area (Å²) in [5, 5.41) is 2.90. The molecule has 144 valence electrons. The molecular weight excluding hydrogens is 328 g/mol. The van der Waals surface area contributed by atoms with E-state index in [4.69, 9.17) is 4.74 Å². The Kier molecular flexibility index (Phi) is 8.62. The summed E-state index contributed by atoms with van der Waals surface area (Å²) in [7, 11) is 0. The van der Waals surface area contributed by atoms with Gasteiger partial charge in [0.05, 0.1) is 0 Å². The van der Waals surface area contributed by atoms with Crippen molar-refractivity contribution >= 4 is 11.7 Å². The second-order valence-corrected chi connectivity index (χ2v) is 7.19. The SMILES string of the molecule is CCC(=O)c1ccc(OCC(=O)NCCCCN2CCCC(C)C2)cc1. The highest BCUT2D eigenvalue weighted by Crippen LogP contribution is 2.15. The van der Waals surface area contributed by atoms with Crippen molar-refractivity contribution in [1.29, 1.82) is 0 Å². The fourth-order valence-corrected chi connectivity index (χ4v) is 3.32. The van der Waals surface area contributed by atoms with Crippen molar-refractivity contribution in [2.75, 3.05) is 32.8 Å². The first-order valence-electron chi connectivity index (χ1n) is 9.83. The Hall–Kier alpha value is -1.88. The summed E-state index contributed by atoms with van der Waals surface area (Å²) in [6.45, 7) is 8.40. The molecule has 0 aliphatic carbocycles. The number of piperidine rings is 1. The fraction of sp³-hybridized carbons (Fsp3) is 0.619. The predicted octanol–water partition coefficient (Wildman–Crippen LogP) is 3.29. The molecule has 1 aromatic rings. The van der Waals surface area contributed by atoms with Gasteiger partial charge in [0.25, 0.3) is 5.91 Å². The van der Waals surface area contributed by atoms with Crippen LogP contribution in [0.4, 0.5) is 0 Å². The second-order valence-electron chi connectivity index (χ2n) is 7.19. The summed E-state index contributed by atoms with van der Waals surface area (Å²) >= 11 is 0. The van der Waals surface area contributed by atoms with E-state index in [1.54, 1.807) is 24.3 Å². The normalized spacial score (nSPS) is 17.7. The number of hydrogen-bond donors (Lipinski definition) is 1. The van der Waals surface area contributed by atoms with Crippen molar-refractivity contribution in [3.8, 4) is 5.75 Å². The van der Waals surface area contributed by atoms with Gasteiger partial charge in [-0.15, -0.1) is 0 Å². The average Bonchev–Trinajstić information content (AvgIpc) is 2.66. The summed E-state index contributed by atoms with van der Waals surface area (Å²) in [5.74, 6) is 1.42. The Morgan fingerprint density at radius 2 is 2.00 bits per heavy atom. The highest BCUT2D eigenvalue weighted by atomic mass is 16.5. The Bertz CT molecular complexity index is 571. The first-order valence-corrected chi connectivity index (χ1v) is 9.83. The van der Waals surface area contributed by atoms with Crippen molar-refractivity contribution in [2.24, 2.45) is 5.92 Å². The first kappa shape index (κ1) is 20.4. The Balaban J connectivity index is 1.55. The number of amides is 1. The van der Waals surface area contributed by atoms with Crippen molar-refractivity contribution in [1.82, 2.24) is 10.2 Å². The summed E-state index contributed by atoms with van der Waals surface area (Å²) in [4.78, 5) is 26.0. The van der Waals surface area contributed by atoms with E-state index in [2.05, 4.69) is 17.1 Å². The van der Waals surface area contributed by atoms with Gasteiger partial charge in [0.15, 0.2) is 12.4 Å². The number of hydrogen-bond acceptors (Lipinski definition) is 4. The first-order chi connectivity index (χ1) is 12.6. The molecule has 0 aromatic heterocycles. The number of benzene rings is 1. The van der Waals surface area contributed by atoms with E-state index < -0.39 is 0 Å². The van der Waals surface area contributed by atoms with Crippen LogP contribution in [-0.2, 0) is 4.79 Å². The number of ketones is 1. The van der Waals surface area contributed by atoms with Gasteiger partial charge >= 0.3 is 0 Å². The van der Waals surface area contributed by atoms with Crippen LogP contribution in [0.1, 0.15) is 56.3 Å². The second kappa shape index (κ2) is 11.0. The van der Waals surface area contributed by atoms with Crippen LogP contribution in [0.25, 0.3) is 0 Å². The van der Waals surface area contributed by atoms with Gasteiger partial charge in [0.2, 0.25) is 0 Å².